The molecule has 5 heteroatoms. The van der Waals surface area contributed by atoms with E-state index in [0.29, 0.717) is 5.75 Å². The zero-order chi connectivity index (χ0) is 15.3. The van der Waals surface area contributed by atoms with Gasteiger partial charge in [-0.2, -0.15) is 0 Å². The van der Waals surface area contributed by atoms with Gasteiger partial charge in [0, 0.05) is 10.5 Å². The van der Waals surface area contributed by atoms with Crippen LogP contribution < -0.4 is 5.32 Å². The number of nitrogens with one attached hydrogen (secondary N) is 1. The summed E-state index contributed by atoms with van der Waals surface area (Å²) in [6.07, 6.45) is 4.42. The minimum Gasteiger partial charge on any atom is -0.312 e. The molecule has 1 saturated heterocycles. The Morgan fingerprint density at radius 1 is 1.29 bits per heavy atom. The van der Waals surface area contributed by atoms with Gasteiger partial charge in [-0.15, -0.1) is 0 Å². The Labute approximate surface area is 136 Å². The van der Waals surface area contributed by atoms with Gasteiger partial charge in [0.05, 0.1) is 11.0 Å². The molecule has 0 radical (unpaired) electrons. The van der Waals surface area contributed by atoms with E-state index in [1.54, 1.807) is 0 Å². The third-order valence-corrected chi connectivity index (χ3v) is 6.98. The molecule has 2 rings (SSSR count). The zero-order valence-electron chi connectivity index (χ0n) is 12.5. The monoisotopic (exact) mass is 373 g/mol. The summed E-state index contributed by atoms with van der Waals surface area (Å²) in [5.74, 6) is 0.350. The maximum Gasteiger partial charge on any atom is 0.154 e. The van der Waals surface area contributed by atoms with Crippen LogP contribution in [0.4, 0.5) is 0 Å². The van der Waals surface area contributed by atoms with E-state index in [0.717, 1.165) is 43.1 Å². The SMILES string of the molecule is CCCNC(Cc1ccc(Br)cc1)C1CCCCS1(=O)=O. The lowest BCUT2D eigenvalue weighted by Gasteiger charge is -2.31. The van der Waals surface area contributed by atoms with Crippen LogP contribution >= 0.6 is 15.9 Å². The first-order valence-electron chi connectivity index (χ1n) is 7.72. The van der Waals surface area contributed by atoms with Gasteiger partial charge in [-0.05, 0) is 49.9 Å². The van der Waals surface area contributed by atoms with Crippen LogP contribution in [-0.4, -0.2) is 32.0 Å². The quantitative estimate of drug-likeness (QED) is 0.831. The molecule has 1 aliphatic rings. The summed E-state index contributed by atoms with van der Waals surface area (Å²) in [6.45, 7) is 2.98. The molecular formula is C16H24BrNO2S. The highest BCUT2D eigenvalue weighted by Crippen LogP contribution is 2.24. The van der Waals surface area contributed by atoms with Gasteiger partial charge in [0.2, 0.25) is 0 Å². The van der Waals surface area contributed by atoms with E-state index in [-0.39, 0.29) is 11.3 Å². The average Bonchev–Trinajstić information content (AvgIpc) is 2.45. The van der Waals surface area contributed by atoms with E-state index < -0.39 is 9.84 Å². The maximum absolute atomic E-state index is 12.4. The fourth-order valence-electron chi connectivity index (χ4n) is 2.97. The van der Waals surface area contributed by atoms with Crippen molar-refractivity contribution in [3.63, 3.8) is 0 Å². The molecule has 3 nitrogen and oxygen atoms in total. The van der Waals surface area contributed by atoms with Crippen molar-refractivity contribution in [1.29, 1.82) is 0 Å². The van der Waals surface area contributed by atoms with Crippen LogP contribution in [0.25, 0.3) is 0 Å². The third-order valence-electron chi connectivity index (χ3n) is 4.10. The Morgan fingerprint density at radius 2 is 2.00 bits per heavy atom. The van der Waals surface area contributed by atoms with E-state index in [2.05, 4.69) is 40.3 Å². The predicted molar refractivity (Wildman–Crippen MR) is 91.4 cm³/mol. The van der Waals surface area contributed by atoms with Crippen LogP contribution in [0, 0.1) is 0 Å². The van der Waals surface area contributed by atoms with Crippen molar-refractivity contribution < 1.29 is 8.42 Å². The molecule has 2 unspecified atom stereocenters. The number of sulfone groups is 1. The van der Waals surface area contributed by atoms with Crippen molar-refractivity contribution in [2.45, 2.75) is 50.3 Å². The van der Waals surface area contributed by atoms with Crippen LogP contribution in [0.3, 0.4) is 0 Å². The number of hydrogen-bond donors (Lipinski definition) is 1. The fourth-order valence-corrected chi connectivity index (χ4v) is 5.36. The Morgan fingerprint density at radius 3 is 2.62 bits per heavy atom. The van der Waals surface area contributed by atoms with Gasteiger partial charge < -0.3 is 5.32 Å². The van der Waals surface area contributed by atoms with Crippen molar-refractivity contribution in [3.05, 3.63) is 34.3 Å². The molecule has 1 fully saturated rings. The second kappa shape index (κ2) is 7.75. The minimum atomic E-state index is -2.95. The molecule has 0 bridgehead atoms. The molecule has 0 saturated carbocycles. The molecule has 1 heterocycles. The minimum absolute atomic E-state index is 0.0245. The molecule has 1 aromatic rings. The van der Waals surface area contributed by atoms with E-state index in [1.807, 2.05) is 12.1 Å². The summed E-state index contributed by atoms with van der Waals surface area (Å²) >= 11 is 3.44. The molecule has 0 aliphatic carbocycles. The highest BCUT2D eigenvalue weighted by molar-refractivity contribution is 9.10. The van der Waals surface area contributed by atoms with Crippen LogP contribution in [0.5, 0.6) is 0 Å². The number of benzene rings is 1. The summed E-state index contributed by atoms with van der Waals surface area (Å²) in [5.41, 5.74) is 1.19. The van der Waals surface area contributed by atoms with Crippen LogP contribution in [0.15, 0.2) is 28.7 Å². The van der Waals surface area contributed by atoms with Crippen molar-refractivity contribution >= 4 is 25.8 Å². The molecule has 1 aromatic carbocycles. The topological polar surface area (TPSA) is 46.2 Å². The first-order valence-corrected chi connectivity index (χ1v) is 10.2. The highest BCUT2D eigenvalue weighted by Gasteiger charge is 2.35. The Balaban J connectivity index is 2.15. The van der Waals surface area contributed by atoms with E-state index in [1.165, 1.54) is 5.56 Å². The average molecular weight is 374 g/mol. The summed E-state index contributed by atoms with van der Waals surface area (Å²) in [7, 11) is -2.95. The fraction of sp³-hybridized carbons (Fsp3) is 0.625. The summed E-state index contributed by atoms with van der Waals surface area (Å²) in [4.78, 5) is 0. The molecule has 0 amide bonds. The second-order valence-electron chi connectivity index (χ2n) is 5.79. The normalized spacial score (nSPS) is 22.9. The largest absolute Gasteiger partial charge is 0.312 e. The molecule has 2 atom stereocenters. The molecule has 0 spiro atoms. The van der Waals surface area contributed by atoms with Gasteiger partial charge in [0.25, 0.3) is 0 Å². The zero-order valence-corrected chi connectivity index (χ0v) is 14.9. The lowest BCUT2D eigenvalue weighted by molar-refractivity contribution is 0.433. The van der Waals surface area contributed by atoms with Crippen molar-refractivity contribution in [1.82, 2.24) is 5.32 Å². The van der Waals surface area contributed by atoms with Gasteiger partial charge in [-0.1, -0.05) is 41.4 Å². The smallest absolute Gasteiger partial charge is 0.154 e. The van der Waals surface area contributed by atoms with Crippen molar-refractivity contribution in [2.24, 2.45) is 0 Å². The number of hydrogen-bond acceptors (Lipinski definition) is 3. The van der Waals surface area contributed by atoms with E-state index >= 15 is 0 Å². The predicted octanol–water partition coefficient (Wildman–Crippen LogP) is 3.33. The van der Waals surface area contributed by atoms with Gasteiger partial charge in [0.15, 0.2) is 9.84 Å². The summed E-state index contributed by atoms with van der Waals surface area (Å²) in [5, 5.41) is 3.23. The Bertz CT molecular complexity index is 542. The van der Waals surface area contributed by atoms with Crippen LogP contribution in [0.2, 0.25) is 0 Å². The molecule has 1 aliphatic heterocycles. The molecule has 21 heavy (non-hydrogen) atoms. The third kappa shape index (κ3) is 4.80. The molecule has 1 N–H and O–H groups in total. The van der Waals surface area contributed by atoms with Gasteiger partial charge >= 0.3 is 0 Å². The van der Waals surface area contributed by atoms with E-state index in [4.69, 9.17) is 0 Å². The van der Waals surface area contributed by atoms with Crippen LogP contribution in [-0.2, 0) is 16.3 Å². The lowest BCUT2D eigenvalue weighted by atomic mass is 9.99. The van der Waals surface area contributed by atoms with Crippen molar-refractivity contribution in [3.8, 4) is 0 Å². The lowest BCUT2D eigenvalue weighted by Crippen LogP contribution is -2.48. The first-order chi connectivity index (χ1) is 10.0. The number of rotatable bonds is 6. The Kier molecular flexibility index (Phi) is 6.26. The second-order valence-corrected chi connectivity index (χ2v) is 9.05. The maximum atomic E-state index is 12.4. The Hall–Kier alpha value is -0.390. The first kappa shape index (κ1) is 17.0. The molecule has 0 aromatic heterocycles. The van der Waals surface area contributed by atoms with Gasteiger partial charge in [-0.3, -0.25) is 0 Å². The van der Waals surface area contributed by atoms with Gasteiger partial charge in [-0.25, -0.2) is 8.42 Å². The number of halogens is 1. The van der Waals surface area contributed by atoms with Crippen LogP contribution in [0.1, 0.15) is 38.2 Å². The van der Waals surface area contributed by atoms with E-state index in [9.17, 15) is 8.42 Å². The summed E-state index contributed by atoms with van der Waals surface area (Å²) < 4.78 is 25.8. The highest BCUT2D eigenvalue weighted by atomic mass is 79.9. The standard InChI is InChI=1S/C16H24BrNO2S/c1-2-10-18-15(12-13-6-8-14(17)9-7-13)16-5-3-4-11-21(16,19)20/h6-9,15-16,18H,2-5,10-12H2,1H3. The summed E-state index contributed by atoms with van der Waals surface area (Å²) in [6, 6.07) is 8.19. The van der Waals surface area contributed by atoms with Crippen molar-refractivity contribution in [2.75, 3.05) is 12.3 Å². The molecule has 118 valence electrons. The molecular weight excluding hydrogens is 350 g/mol. The van der Waals surface area contributed by atoms with Gasteiger partial charge in [0.1, 0.15) is 0 Å².